The minimum Gasteiger partial charge on any atom is -0.342 e. The van der Waals surface area contributed by atoms with E-state index >= 15 is 0 Å². The van der Waals surface area contributed by atoms with E-state index in [1.165, 1.54) is 0 Å². The number of amides is 2. The molecule has 24 heavy (non-hydrogen) atoms. The Bertz CT molecular complexity index is 555. The van der Waals surface area contributed by atoms with Crippen molar-refractivity contribution < 1.29 is 9.59 Å². The third kappa shape index (κ3) is 2.98. The van der Waals surface area contributed by atoms with Gasteiger partial charge in [0, 0.05) is 32.0 Å². The van der Waals surface area contributed by atoms with E-state index in [-0.39, 0.29) is 11.4 Å². The van der Waals surface area contributed by atoms with Crippen LogP contribution in [0.5, 0.6) is 0 Å². The summed E-state index contributed by atoms with van der Waals surface area (Å²) in [4.78, 5) is 33.8. The Morgan fingerprint density at radius 2 is 1.92 bits per heavy atom. The van der Waals surface area contributed by atoms with Crippen molar-refractivity contribution in [2.45, 2.75) is 70.3 Å². The third-order valence-electron chi connectivity index (χ3n) is 6.07. The molecule has 1 spiro atoms. The second-order valence-electron chi connectivity index (χ2n) is 8.12. The molecule has 2 heterocycles. The number of hydrogen-bond acceptors (Lipinski definition) is 3. The first kappa shape index (κ1) is 16.1. The van der Waals surface area contributed by atoms with Gasteiger partial charge in [0.05, 0.1) is 0 Å². The second-order valence-corrected chi connectivity index (χ2v) is 8.12. The summed E-state index contributed by atoms with van der Waals surface area (Å²) < 4.78 is 0. The Balaban J connectivity index is 1.33. The molecule has 2 aliphatic heterocycles. The number of hydrogen-bond donors (Lipinski definition) is 0. The standard InChI is InChI=1S/C19H29N3O2/c1-2-3-4-16-20-19(9-10-19)18(24)22(16)13-14-7-11-21(12-8-14)17(23)15-5-6-15/h14-15H,2-13H2,1H3. The summed E-state index contributed by atoms with van der Waals surface area (Å²) in [5, 5.41) is 0. The monoisotopic (exact) mass is 331 g/mol. The molecular weight excluding hydrogens is 302 g/mol. The van der Waals surface area contributed by atoms with E-state index in [2.05, 4.69) is 11.8 Å². The van der Waals surface area contributed by atoms with Gasteiger partial charge in [-0.25, -0.2) is 0 Å². The van der Waals surface area contributed by atoms with Crippen LogP contribution in [0.15, 0.2) is 4.99 Å². The highest BCUT2D eigenvalue weighted by molar-refractivity contribution is 6.09. The van der Waals surface area contributed by atoms with Gasteiger partial charge in [0.1, 0.15) is 11.4 Å². The maximum absolute atomic E-state index is 12.8. The average molecular weight is 331 g/mol. The summed E-state index contributed by atoms with van der Waals surface area (Å²) >= 11 is 0. The SMILES string of the molecule is CCCCC1=NC2(CC2)C(=O)N1CC1CCN(C(=O)C2CC2)CC1. The Kier molecular flexibility index (Phi) is 4.13. The Morgan fingerprint density at radius 1 is 1.21 bits per heavy atom. The van der Waals surface area contributed by atoms with Crippen LogP contribution in [0.3, 0.4) is 0 Å². The van der Waals surface area contributed by atoms with Crippen molar-refractivity contribution in [3.63, 3.8) is 0 Å². The van der Waals surface area contributed by atoms with Crippen LogP contribution in [0.4, 0.5) is 0 Å². The highest BCUT2D eigenvalue weighted by Gasteiger charge is 2.57. The fraction of sp³-hybridized carbons (Fsp3) is 0.842. The van der Waals surface area contributed by atoms with Crippen LogP contribution < -0.4 is 0 Å². The molecule has 0 unspecified atom stereocenters. The Hall–Kier alpha value is -1.39. The largest absolute Gasteiger partial charge is 0.342 e. The molecule has 4 aliphatic rings. The lowest BCUT2D eigenvalue weighted by molar-refractivity contribution is -0.134. The summed E-state index contributed by atoms with van der Waals surface area (Å²) in [6.45, 7) is 4.74. The molecule has 0 aromatic carbocycles. The van der Waals surface area contributed by atoms with E-state index in [0.717, 1.165) is 83.3 Å². The van der Waals surface area contributed by atoms with Gasteiger partial charge < -0.3 is 4.90 Å². The van der Waals surface area contributed by atoms with Gasteiger partial charge in [0.15, 0.2) is 0 Å². The van der Waals surface area contributed by atoms with Crippen LogP contribution in [-0.2, 0) is 9.59 Å². The highest BCUT2D eigenvalue weighted by Crippen LogP contribution is 2.46. The molecule has 5 nitrogen and oxygen atoms in total. The lowest BCUT2D eigenvalue weighted by Gasteiger charge is -2.34. The molecule has 1 saturated heterocycles. The van der Waals surface area contributed by atoms with E-state index < -0.39 is 0 Å². The van der Waals surface area contributed by atoms with E-state index in [1.54, 1.807) is 0 Å². The first-order chi connectivity index (χ1) is 11.6. The minimum absolute atomic E-state index is 0.255. The van der Waals surface area contributed by atoms with Gasteiger partial charge in [-0.1, -0.05) is 13.3 Å². The molecule has 0 radical (unpaired) electrons. The van der Waals surface area contributed by atoms with Crippen LogP contribution >= 0.6 is 0 Å². The first-order valence-electron chi connectivity index (χ1n) is 9.82. The molecule has 132 valence electrons. The maximum Gasteiger partial charge on any atom is 0.255 e. The summed E-state index contributed by atoms with van der Waals surface area (Å²) in [5.41, 5.74) is -0.355. The zero-order chi connectivity index (χ0) is 16.7. The molecule has 2 saturated carbocycles. The lowest BCUT2D eigenvalue weighted by atomic mass is 9.95. The number of unbranched alkanes of at least 4 members (excludes halogenated alkanes) is 1. The number of aliphatic imine (C=N–C) groups is 1. The molecule has 0 bridgehead atoms. The summed E-state index contributed by atoms with van der Waals surface area (Å²) in [5.74, 6) is 2.50. The lowest BCUT2D eigenvalue weighted by Crippen LogP contribution is -2.44. The molecule has 3 fully saturated rings. The normalized spacial score (nSPS) is 26.2. The topological polar surface area (TPSA) is 53.0 Å². The van der Waals surface area contributed by atoms with Crippen LogP contribution in [0, 0.1) is 11.8 Å². The summed E-state index contributed by atoms with van der Waals surface area (Å²) in [7, 11) is 0. The molecule has 5 heteroatoms. The zero-order valence-electron chi connectivity index (χ0n) is 14.8. The third-order valence-corrected chi connectivity index (χ3v) is 6.07. The first-order valence-corrected chi connectivity index (χ1v) is 9.82. The molecule has 0 aromatic rings. The highest BCUT2D eigenvalue weighted by atomic mass is 16.2. The van der Waals surface area contributed by atoms with Gasteiger partial charge in [0.25, 0.3) is 5.91 Å². The van der Waals surface area contributed by atoms with Crippen molar-refractivity contribution >= 4 is 17.6 Å². The molecule has 0 N–H and O–H groups in total. The number of nitrogens with zero attached hydrogens (tertiary/aromatic N) is 3. The van der Waals surface area contributed by atoms with E-state index in [9.17, 15) is 9.59 Å². The van der Waals surface area contributed by atoms with Gasteiger partial charge >= 0.3 is 0 Å². The van der Waals surface area contributed by atoms with Gasteiger partial charge in [-0.2, -0.15) is 0 Å². The van der Waals surface area contributed by atoms with E-state index in [4.69, 9.17) is 4.99 Å². The van der Waals surface area contributed by atoms with Crippen molar-refractivity contribution in [3.8, 4) is 0 Å². The molecule has 2 aliphatic carbocycles. The fourth-order valence-corrected chi connectivity index (χ4v) is 4.06. The van der Waals surface area contributed by atoms with Crippen molar-refractivity contribution in [2.24, 2.45) is 16.8 Å². The van der Waals surface area contributed by atoms with Crippen molar-refractivity contribution in [1.82, 2.24) is 9.80 Å². The second kappa shape index (κ2) is 6.16. The van der Waals surface area contributed by atoms with Crippen LogP contribution in [0.2, 0.25) is 0 Å². The summed E-state index contributed by atoms with van der Waals surface area (Å²) in [6, 6.07) is 0. The predicted octanol–water partition coefficient (Wildman–Crippen LogP) is 2.60. The molecular formula is C19H29N3O2. The van der Waals surface area contributed by atoms with Crippen molar-refractivity contribution in [1.29, 1.82) is 0 Å². The fourth-order valence-electron chi connectivity index (χ4n) is 4.06. The van der Waals surface area contributed by atoms with E-state index in [1.807, 2.05) is 4.90 Å². The van der Waals surface area contributed by atoms with Crippen LogP contribution in [0.25, 0.3) is 0 Å². The Morgan fingerprint density at radius 3 is 2.50 bits per heavy atom. The molecule has 4 rings (SSSR count). The smallest absolute Gasteiger partial charge is 0.255 e. The van der Waals surface area contributed by atoms with Gasteiger partial charge in [-0.15, -0.1) is 0 Å². The number of carbonyl (C=O) groups excluding carboxylic acids is 2. The maximum atomic E-state index is 12.8. The number of rotatable bonds is 6. The Labute approximate surface area is 144 Å². The molecule has 2 amide bonds. The van der Waals surface area contributed by atoms with Crippen molar-refractivity contribution in [2.75, 3.05) is 19.6 Å². The number of amidine groups is 1. The van der Waals surface area contributed by atoms with E-state index in [0.29, 0.717) is 17.7 Å². The van der Waals surface area contributed by atoms with Gasteiger partial charge in [0.2, 0.25) is 5.91 Å². The van der Waals surface area contributed by atoms with Gasteiger partial charge in [-0.3, -0.25) is 19.5 Å². The zero-order valence-corrected chi connectivity index (χ0v) is 14.8. The quantitative estimate of drug-likeness (QED) is 0.751. The number of likely N-dealkylation sites (tertiary alicyclic amines) is 1. The minimum atomic E-state index is -0.355. The van der Waals surface area contributed by atoms with Crippen LogP contribution in [0.1, 0.15) is 64.7 Å². The number of piperidine rings is 1. The van der Waals surface area contributed by atoms with Gasteiger partial charge in [-0.05, 0) is 50.9 Å². The van der Waals surface area contributed by atoms with Crippen LogP contribution in [-0.4, -0.2) is 52.6 Å². The number of carbonyl (C=O) groups is 2. The van der Waals surface area contributed by atoms with Crippen molar-refractivity contribution in [3.05, 3.63) is 0 Å². The summed E-state index contributed by atoms with van der Waals surface area (Å²) in [6.07, 6.45) is 9.26. The predicted molar refractivity (Wildman–Crippen MR) is 92.7 cm³/mol. The molecule has 0 aromatic heterocycles. The molecule has 0 atom stereocenters. The average Bonchev–Trinajstić information content (AvgIpc) is 3.50.